The summed E-state index contributed by atoms with van der Waals surface area (Å²) >= 11 is 0. The van der Waals surface area contributed by atoms with Gasteiger partial charge in [-0.25, -0.2) is 0 Å². The van der Waals surface area contributed by atoms with E-state index in [-0.39, 0.29) is 0 Å². The molecule has 7 rings (SSSR count). The van der Waals surface area contributed by atoms with Crippen LogP contribution in [0.1, 0.15) is 0 Å². The standard InChI is InChI=1S/C30H18N6/c1-7-31-25-13-19(1)20-2-8-32-26(14-20)28-16-22(4-10-34-28)24-6-12-36-30(18-24)29-17-23(5-11-35-29)21-3-9-33-27(25)15-21/h1-18H. The first kappa shape index (κ1) is 20.3. The Bertz CT molecular complexity index is 1560. The van der Waals surface area contributed by atoms with E-state index in [9.17, 15) is 0 Å². The molecule has 0 unspecified atom stereocenters. The Morgan fingerprint density at radius 2 is 0.417 bits per heavy atom. The van der Waals surface area contributed by atoms with Crippen LogP contribution in [-0.4, -0.2) is 29.9 Å². The Morgan fingerprint density at radius 1 is 0.250 bits per heavy atom. The second-order valence-corrected chi connectivity index (χ2v) is 8.58. The molecule has 0 aliphatic heterocycles. The van der Waals surface area contributed by atoms with Crippen LogP contribution in [0.5, 0.6) is 0 Å². The van der Waals surface area contributed by atoms with Crippen LogP contribution >= 0.6 is 0 Å². The topological polar surface area (TPSA) is 77.3 Å². The second kappa shape index (κ2) is 8.29. The molecule has 6 nitrogen and oxygen atoms in total. The molecule has 1 aromatic carbocycles. The third-order valence-electron chi connectivity index (χ3n) is 6.35. The molecule has 7 aromatic rings. The van der Waals surface area contributed by atoms with Crippen LogP contribution in [0.3, 0.4) is 0 Å². The van der Waals surface area contributed by atoms with Crippen molar-refractivity contribution in [3.63, 3.8) is 0 Å². The Kier molecular flexibility index (Phi) is 4.67. The molecule has 6 heterocycles. The minimum Gasteiger partial charge on any atom is -0.255 e. The first-order valence-electron chi connectivity index (χ1n) is 11.6. The smallest absolute Gasteiger partial charge is 0.0892 e. The van der Waals surface area contributed by atoms with Crippen molar-refractivity contribution in [2.75, 3.05) is 0 Å². The highest BCUT2D eigenvalue weighted by atomic mass is 14.7. The maximum atomic E-state index is 4.61. The van der Waals surface area contributed by atoms with Crippen molar-refractivity contribution in [1.29, 1.82) is 0 Å². The normalized spacial score (nSPS) is 11.3. The molecule has 0 N–H and O–H groups in total. The summed E-state index contributed by atoms with van der Waals surface area (Å²) in [7, 11) is 0. The lowest BCUT2D eigenvalue weighted by molar-refractivity contribution is 1.36. The van der Waals surface area contributed by atoms with Gasteiger partial charge in [0.05, 0.1) is 33.1 Å². The van der Waals surface area contributed by atoms with Gasteiger partial charge in [0.15, 0.2) is 0 Å². The number of nitrogens with zero attached hydrogens (tertiary/aromatic N) is 6. The molecule has 0 saturated carbocycles. The van der Waals surface area contributed by atoms with E-state index in [2.05, 4.69) is 66.3 Å². The van der Waals surface area contributed by atoms with E-state index in [4.69, 9.17) is 0 Å². The predicted octanol–water partition coefficient (Wildman–Crippen LogP) is 6.66. The van der Waals surface area contributed by atoms with Gasteiger partial charge in [0.25, 0.3) is 0 Å². The largest absolute Gasteiger partial charge is 0.255 e. The molecule has 0 aliphatic rings. The van der Waals surface area contributed by atoms with E-state index in [1.54, 1.807) is 0 Å². The number of rotatable bonds is 0. The Morgan fingerprint density at radius 3 is 0.583 bits per heavy atom. The van der Waals surface area contributed by atoms with Gasteiger partial charge in [0.1, 0.15) is 0 Å². The van der Waals surface area contributed by atoms with Gasteiger partial charge in [-0.05, 0) is 105 Å². The van der Waals surface area contributed by atoms with Crippen LogP contribution in [0.4, 0.5) is 0 Å². The number of aromatic nitrogens is 6. The highest BCUT2D eigenvalue weighted by Crippen LogP contribution is 2.22. The summed E-state index contributed by atoms with van der Waals surface area (Å²) in [5.41, 5.74) is 4.82. The van der Waals surface area contributed by atoms with Gasteiger partial charge in [0.2, 0.25) is 0 Å². The van der Waals surface area contributed by atoms with E-state index >= 15 is 0 Å². The van der Waals surface area contributed by atoms with Crippen molar-refractivity contribution < 1.29 is 0 Å². The quantitative estimate of drug-likeness (QED) is 0.251. The zero-order chi connectivity index (χ0) is 23.9. The third kappa shape index (κ3) is 3.61. The minimum absolute atomic E-state index is 0.803. The molecule has 0 amide bonds. The SMILES string of the molecule is c1cc2cc(n1)c1cc(ccn1)c1ccnc(c1)c1cc(ccn1)c1ccnc(c1)c1cc2ccn1. The lowest BCUT2D eigenvalue weighted by atomic mass is 10.1. The zero-order valence-electron chi connectivity index (χ0n) is 19.1. The van der Waals surface area contributed by atoms with Gasteiger partial charge >= 0.3 is 0 Å². The van der Waals surface area contributed by atoms with Crippen molar-refractivity contribution >= 4 is 65.4 Å². The fourth-order valence-corrected chi connectivity index (χ4v) is 4.50. The minimum atomic E-state index is 0.803. The number of pyridine rings is 6. The first-order valence-corrected chi connectivity index (χ1v) is 11.6. The van der Waals surface area contributed by atoms with Gasteiger partial charge in [-0.3, -0.25) is 29.9 Å². The molecular weight excluding hydrogens is 444 g/mol. The molecule has 0 aliphatic carbocycles. The maximum absolute atomic E-state index is 4.61. The summed E-state index contributed by atoms with van der Waals surface area (Å²) in [5, 5.41) is 6.24. The molecule has 12 bridgehead atoms. The molecule has 0 saturated heterocycles. The lowest BCUT2D eigenvalue weighted by Crippen LogP contribution is -1.83. The summed E-state index contributed by atoms with van der Waals surface area (Å²) in [4.78, 5) is 27.7. The summed E-state index contributed by atoms with van der Waals surface area (Å²) < 4.78 is 0. The van der Waals surface area contributed by atoms with Crippen molar-refractivity contribution in [1.82, 2.24) is 29.9 Å². The fourth-order valence-electron chi connectivity index (χ4n) is 4.50. The molecule has 6 heteroatoms. The van der Waals surface area contributed by atoms with Gasteiger partial charge in [-0.15, -0.1) is 0 Å². The molecule has 6 aromatic heterocycles. The molecule has 168 valence electrons. The van der Waals surface area contributed by atoms with Crippen LogP contribution in [0, 0.1) is 0 Å². The Labute approximate surface area is 205 Å². The van der Waals surface area contributed by atoms with E-state index in [0.717, 1.165) is 65.4 Å². The van der Waals surface area contributed by atoms with E-state index in [1.807, 2.05) is 73.6 Å². The predicted molar refractivity (Wildman–Crippen MR) is 145 cm³/mol. The molecule has 0 spiro atoms. The zero-order valence-corrected chi connectivity index (χ0v) is 19.1. The van der Waals surface area contributed by atoms with Crippen LogP contribution in [-0.2, 0) is 0 Å². The molecule has 0 fully saturated rings. The molecule has 0 radical (unpaired) electrons. The van der Waals surface area contributed by atoms with Crippen LogP contribution in [0.25, 0.3) is 65.4 Å². The van der Waals surface area contributed by atoms with Gasteiger partial charge in [-0.2, -0.15) is 0 Å². The molecule has 0 atom stereocenters. The van der Waals surface area contributed by atoms with Crippen molar-refractivity contribution in [2.45, 2.75) is 0 Å². The summed E-state index contributed by atoms with van der Waals surface area (Å²) in [6, 6.07) is 24.4. The van der Waals surface area contributed by atoms with Crippen molar-refractivity contribution in [3.8, 4) is 0 Å². The van der Waals surface area contributed by atoms with Gasteiger partial charge in [-0.1, -0.05) is 0 Å². The summed E-state index contributed by atoms with van der Waals surface area (Å²) in [5.74, 6) is 0. The van der Waals surface area contributed by atoms with E-state index < -0.39 is 0 Å². The highest BCUT2D eigenvalue weighted by Gasteiger charge is 2.01. The van der Waals surface area contributed by atoms with Crippen molar-refractivity contribution in [3.05, 3.63) is 110 Å². The number of hydrogen-bond donors (Lipinski definition) is 0. The van der Waals surface area contributed by atoms with Crippen LogP contribution < -0.4 is 0 Å². The third-order valence-corrected chi connectivity index (χ3v) is 6.35. The monoisotopic (exact) mass is 462 g/mol. The second-order valence-electron chi connectivity index (χ2n) is 8.58. The summed E-state index contributed by atoms with van der Waals surface area (Å²) in [6.45, 7) is 0. The Balaban J connectivity index is 1.72. The summed E-state index contributed by atoms with van der Waals surface area (Å²) in [6.07, 6.45) is 10.9. The average molecular weight is 463 g/mol. The number of fused-ring (bicyclic) bond motifs is 18. The molecular formula is C30H18N6. The lowest BCUT2D eigenvalue weighted by Gasteiger charge is -2.01. The van der Waals surface area contributed by atoms with Gasteiger partial charge < -0.3 is 0 Å². The van der Waals surface area contributed by atoms with E-state index in [0.29, 0.717) is 0 Å². The van der Waals surface area contributed by atoms with Gasteiger partial charge in [0, 0.05) is 37.2 Å². The van der Waals surface area contributed by atoms with Crippen LogP contribution in [0.15, 0.2) is 110 Å². The number of hydrogen-bond acceptors (Lipinski definition) is 6. The maximum Gasteiger partial charge on any atom is 0.0892 e. The fraction of sp³-hybridized carbons (Fsp3) is 0. The highest BCUT2D eigenvalue weighted by molar-refractivity contribution is 5.97. The van der Waals surface area contributed by atoms with Crippen LogP contribution in [0.2, 0.25) is 0 Å². The van der Waals surface area contributed by atoms with E-state index in [1.165, 1.54) is 0 Å². The average Bonchev–Trinajstić information content (AvgIpc) is 2.97. The van der Waals surface area contributed by atoms with Crippen molar-refractivity contribution in [2.24, 2.45) is 0 Å². The first-order chi connectivity index (χ1) is 17.8. The Hall–Kier alpha value is -5.10. The molecule has 36 heavy (non-hydrogen) atoms.